The lowest BCUT2D eigenvalue weighted by Gasteiger charge is -2.33. The lowest BCUT2D eigenvalue weighted by molar-refractivity contribution is 0.239. The molecule has 0 unspecified atom stereocenters. The quantitative estimate of drug-likeness (QED) is 0.727. The number of hydrogen-bond donors (Lipinski definition) is 1. The molecule has 0 heterocycles. The highest BCUT2D eigenvalue weighted by Gasteiger charge is 2.28. The minimum atomic E-state index is -0.213. The van der Waals surface area contributed by atoms with Gasteiger partial charge in [0.25, 0.3) is 0 Å². The Bertz CT molecular complexity index is 427. The monoisotopic (exact) mass is 295 g/mol. The van der Waals surface area contributed by atoms with Crippen LogP contribution < -0.4 is 10.1 Å². The van der Waals surface area contributed by atoms with Crippen LogP contribution in [0.1, 0.15) is 46.1 Å². The molecular weight excluding hydrogens is 265 g/mol. The average Bonchev–Trinajstić information content (AvgIpc) is 2.47. The van der Waals surface area contributed by atoms with Gasteiger partial charge in [0.2, 0.25) is 0 Å². The van der Waals surface area contributed by atoms with Crippen LogP contribution in [0.2, 0.25) is 0 Å². The highest BCUT2D eigenvalue weighted by molar-refractivity contribution is 5.31. The Labute approximate surface area is 129 Å². The lowest BCUT2D eigenvalue weighted by atomic mass is 9.76. The topological polar surface area (TPSA) is 21.3 Å². The molecular formula is C18H30FNO. The van der Waals surface area contributed by atoms with Gasteiger partial charge in [-0.3, -0.25) is 0 Å². The molecule has 0 saturated heterocycles. The maximum absolute atomic E-state index is 14.4. The average molecular weight is 295 g/mol. The van der Waals surface area contributed by atoms with Gasteiger partial charge >= 0.3 is 0 Å². The molecule has 0 fully saturated rings. The van der Waals surface area contributed by atoms with Crippen molar-refractivity contribution >= 4 is 0 Å². The zero-order valence-corrected chi connectivity index (χ0v) is 14.1. The second-order valence-electron chi connectivity index (χ2n) is 6.34. The van der Waals surface area contributed by atoms with Gasteiger partial charge in [-0.2, -0.15) is 0 Å². The second-order valence-corrected chi connectivity index (χ2v) is 6.34. The van der Waals surface area contributed by atoms with Crippen LogP contribution in [0.3, 0.4) is 0 Å². The fraction of sp³-hybridized carbons (Fsp3) is 0.667. The highest BCUT2D eigenvalue weighted by atomic mass is 19.1. The molecule has 0 atom stereocenters. The van der Waals surface area contributed by atoms with E-state index in [1.807, 2.05) is 12.1 Å². The van der Waals surface area contributed by atoms with Crippen molar-refractivity contribution in [2.45, 2.75) is 47.0 Å². The Morgan fingerprint density at radius 1 is 1.24 bits per heavy atom. The number of ether oxygens (including phenoxy) is 1. The Morgan fingerprint density at radius 2 is 1.90 bits per heavy atom. The van der Waals surface area contributed by atoms with Crippen molar-refractivity contribution in [1.82, 2.24) is 5.32 Å². The van der Waals surface area contributed by atoms with Crippen molar-refractivity contribution < 1.29 is 9.13 Å². The predicted molar refractivity (Wildman–Crippen MR) is 87.4 cm³/mol. The molecule has 0 radical (unpaired) electrons. The van der Waals surface area contributed by atoms with E-state index >= 15 is 0 Å². The maximum atomic E-state index is 14.4. The summed E-state index contributed by atoms with van der Waals surface area (Å²) >= 11 is 0. The summed E-state index contributed by atoms with van der Waals surface area (Å²) < 4.78 is 19.5. The van der Waals surface area contributed by atoms with E-state index in [0.29, 0.717) is 11.7 Å². The molecule has 0 aliphatic heterocycles. The van der Waals surface area contributed by atoms with E-state index in [1.54, 1.807) is 6.07 Å². The summed E-state index contributed by atoms with van der Waals surface area (Å²) in [6.45, 7) is 10.7. The molecule has 1 N–H and O–H groups in total. The normalized spacial score (nSPS) is 12.0. The first-order valence-electron chi connectivity index (χ1n) is 8.00. The Morgan fingerprint density at radius 3 is 2.43 bits per heavy atom. The molecule has 1 aromatic carbocycles. The van der Waals surface area contributed by atoms with Crippen molar-refractivity contribution in [3.8, 4) is 5.75 Å². The van der Waals surface area contributed by atoms with Crippen LogP contribution in [0.15, 0.2) is 18.2 Å². The van der Waals surface area contributed by atoms with E-state index in [9.17, 15) is 4.39 Å². The SMILES string of the molecule is CCC(CC)(CNCC(C)C)Cc1cccc(OC)c1F. The molecule has 0 spiro atoms. The number of rotatable bonds is 9. The molecule has 2 nitrogen and oxygen atoms in total. The molecule has 0 aromatic heterocycles. The van der Waals surface area contributed by atoms with Crippen molar-refractivity contribution in [3.05, 3.63) is 29.6 Å². The number of methoxy groups -OCH3 is 1. The van der Waals surface area contributed by atoms with Gasteiger partial charge in [-0.25, -0.2) is 4.39 Å². The second kappa shape index (κ2) is 8.38. The first kappa shape index (κ1) is 18.0. The van der Waals surface area contributed by atoms with Gasteiger partial charge in [-0.15, -0.1) is 0 Å². The summed E-state index contributed by atoms with van der Waals surface area (Å²) in [6, 6.07) is 5.42. The number of halogens is 1. The van der Waals surface area contributed by atoms with Crippen molar-refractivity contribution in [1.29, 1.82) is 0 Å². The van der Waals surface area contributed by atoms with Gasteiger partial charge in [0.15, 0.2) is 11.6 Å². The Kier molecular flexibility index (Phi) is 7.16. The molecule has 21 heavy (non-hydrogen) atoms. The summed E-state index contributed by atoms with van der Waals surface area (Å²) in [6.07, 6.45) is 2.81. The van der Waals surface area contributed by atoms with E-state index in [-0.39, 0.29) is 11.2 Å². The molecule has 0 aliphatic rings. The molecule has 1 aromatic rings. The fourth-order valence-electron chi connectivity index (χ4n) is 2.69. The smallest absolute Gasteiger partial charge is 0.168 e. The fourth-order valence-corrected chi connectivity index (χ4v) is 2.69. The first-order chi connectivity index (χ1) is 9.98. The summed E-state index contributed by atoms with van der Waals surface area (Å²) in [7, 11) is 1.51. The molecule has 0 saturated carbocycles. The van der Waals surface area contributed by atoms with E-state index in [0.717, 1.165) is 37.9 Å². The third kappa shape index (κ3) is 4.99. The van der Waals surface area contributed by atoms with Gasteiger partial charge in [-0.05, 0) is 48.8 Å². The van der Waals surface area contributed by atoms with Crippen LogP contribution in [-0.4, -0.2) is 20.2 Å². The van der Waals surface area contributed by atoms with Crippen molar-refractivity contribution in [2.75, 3.05) is 20.2 Å². The van der Waals surface area contributed by atoms with Crippen LogP contribution in [0.5, 0.6) is 5.75 Å². The van der Waals surface area contributed by atoms with Gasteiger partial charge in [0.1, 0.15) is 0 Å². The van der Waals surface area contributed by atoms with Gasteiger partial charge in [0.05, 0.1) is 7.11 Å². The summed E-state index contributed by atoms with van der Waals surface area (Å²) in [5.74, 6) is 0.754. The van der Waals surface area contributed by atoms with Crippen LogP contribution in [0.25, 0.3) is 0 Å². The van der Waals surface area contributed by atoms with E-state index < -0.39 is 0 Å². The van der Waals surface area contributed by atoms with E-state index in [4.69, 9.17) is 4.74 Å². The van der Waals surface area contributed by atoms with Crippen molar-refractivity contribution in [3.63, 3.8) is 0 Å². The van der Waals surface area contributed by atoms with Crippen LogP contribution in [-0.2, 0) is 6.42 Å². The summed E-state index contributed by atoms with van der Waals surface area (Å²) in [5, 5.41) is 3.54. The van der Waals surface area contributed by atoms with Crippen LogP contribution >= 0.6 is 0 Å². The zero-order chi connectivity index (χ0) is 15.9. The third-order valence-corrected chi connectivity index (χ3v) is 4.38. The number of nitrogens with one attached hydrogen (secondary N) is 1. The standard InChI is InChI=1S/C18H30FNO/c1-6-18(7-2,13-20-12-14(3)4)11-15-9-8-10-16(21-5)17(15)19/h8-10,14,20H,6-7,11-13H2,1-5H3. The van der Waals surface area contributed by atoms with Gasteiger partial charge in [-0.1, -0.05) is 39.8 Å². The predicted octanol–water partition coefficient (Wildman–Crippen LogP) is 4.43. The summed E-state index contributed by atoms with van der Waals surface area (Å²) in [5.41, 5.74) is 0.853. The minimum absolute atomic E-state index is 0.0993. The summed E-state index contributed by atoms with van der Waals surface area (Å²) in [4.78, 5) is 0. The largest absolute Gasteiger partial charge is 0.494 e. The molecule has 0 bridgehead atoms. The lowest BCUT2D eigenvalue weighted by Crippen LogP contribution is -2.37. The zero-order valence-electron chi connectivity index (χ0n) is 14.1. The molecule has 0 amide bonds. The first-order valence-corrected chi connectivity index (χ1v) is 8.00. The van der Waals surface area contributed by atoms with Gasteiger partial charge in [0, 0.05) is 6.54 Å². The third-order valence-electron chi connectivity index (χ3n) is 4.38. The van der Waals surface area contributed by atoms with Crippen molar-refractivity contribution in [2.24, 2.45) is 11.3 Å². The molecule has 3 heteroatoms. The number of hydrogen-bond acceptors (Lipinski definition) is 2. The molecule has 1 rings (SSSR count). The van der Waals surface area contributed by atoms with Crippen LogP contribution in [0.4, 0.5) is 4.39 Å². The minimum Gasteiger partial charge on any atom is -0.494 e. The van der Waals surface area contributed by atoms with E-state index in [1.165, 1.54) is 7.11 Å². The molecule has 0 aliphatic carbocycles. The highest BCUT2D eigenvalue weighted by Crippen LogP contribution is 2.33. The Balaban J connectivity index is 2.87. The Hall–Kier alpha value is -1.09. The van der Waals surface area contributed by atoms with Crippen LogP contribution in [0, 0.1) is 17.2 Å². The maximum Gasteiger partial charge on any atom is 0.168 e. The molecule has 120 valence electrons. The number of benzene rings is 1. The van der Waals surface area contributed by atoms with Gasteiger partial charge < -0.3 is 10.1 Å². The van der Waals surface area contributed by atoms with E-state index in [2.05, 4.69) is 33.0 Å².